The molecule has 0 spiro atoms. The van der Waals surface area contributed by atoms with E-state index in [1.807, 2.05) is 6.07 Å². The summed E-state index contributed by atoms with van der Waals surface area (Å²) >= 11 is 1.36. The average Bonchev–Trinajstić information content (AvgIpc) is 3.11. The molecular weight excluding hydrogens is 348 g/mol. The minimum atomic E-state index is 0.0413. The van der Waals surface area contributed by atoms with E-state index in [1.165, 1.54) is 22.9 Å². The molecular formula is C18H26N6OS. The minimum Gasteiger partial charge on any atom is -0.353 e. The van der Waals surface area contributed by atoms with Crippen LogP contribution in [0.3, 0.4) is 0 Å². The number of thioether (sulfide) groups is 1. The van der Waals surface area contributed by atoms with Gasteiger partial charge >= 0.3 is 0 Å². The Morgan fingerprint density at radius 2 is 2.04 bits per heavy atom. The summed E-state index contributed by atoms with van der Waals surface area (Å²) in [6, 6.07) is 6.37. The Bertz CT molecular complexity index is 754. The number of carbonyl (C=O) groups excluding carboxylic acids is 1. The maximum atomic E-state index is 12.3. The maximum absolute atomic E-state index is 12.3. The molecule has 2 aromatic rings. The van der Waals surface area contributed by atoms with Crippen LogP contribution in [0.2, 0.25) is 0 Å². The first-order valence-electron chi connectivity index (χ1n) is 9.07. The molecule has 0 atom stereocenters. The number of aromatic nitrogens is 4. The Labute approximate surface area is 158 Å². The first-order valence-corrected chi connectivity index (χ1v) is 10.1. The van der Waals surface area contributed by atoms with Crippen molar-refractivity contribution in [3.05, 3.63) is 29.3 Å². The molecule has 8 heteroatoms. The number of piperidine rings is 1. The van der Waals surface area contributed by atoms with Crippen LogP contribution in [0, 0.1) is 13.8 Å². The summed E-state index contributed by atoms with van der Waals surface area (Å²) in [5.41, 5.74) is 3.32. The molecule has 1 aromatic carbocycles. The van der Waals surface area contributed by atoms with Crippen LogP contribution in [-0.2, 0) is 4.79 Å². The summed E-state index contributed by atoms with van der Waals surface area (Å²) < 4.78 is 1.68. The normalized spacial score (nSPS) is 16.0. The van der Waals surface area contributed by atoms with Gasteiger partial charge in [-0.15, -0.1) is 5.10 Å². The molecule has 1 aliphatic rings. The van der Waals surface area contributed by atoms with E-state index in [9.17, 15) is 4.79 Å². The van der Waals surface area contributed by atoms with E-state index in [2.05, 4.69) is 58.6 Å². The summed E-state index contributed by atoms with van der Waals surface area (Å²) in [4.78, 5) is 14.7. The number of benzene rings is 1. The summed E-state index contributed by atoms with van der Waals surface area (Å²) in [6.07, 6.45) is 2.04. The molecule has 0 saturated carbocycles. The van der Waals surface area contributed by atoms with Gasteiger partial charge < -0.3 is 10.2 Å². The number of hydrogen-bond acceptors (Lipinski definition) is 6. The van der Waals surface area contributed by atoms with Crippen molar-refractivity contribution in [1.82, 2.24) is 30.4 Å². The van der Waals surface area contributed by atoms with Gasteiger partial charge in [0, 0.05) is 19.1 Å². The Balaban J connectivity index is 1.55. The highest BCUT2D eigenvalue weighted by Crippen LogP contribution is 2.20. The molecule has 1 fully saturated rings. The van der Waals surface area contributed by atoms with Crippen molar-refractivity contribution >= 4 is 17.7 Å². The number of hydrogen-bond donors (Lipinski definition) is 1. The molecule has 1 amide bonds. The zero-order valence-corrected chi connectivity index (χ0v) is 16.4. The number of nitrogens with zero attached hydrogens (tertiary/aromatic N) is 5. The number of tetrazole rings is 1. The van der Waals surface area contributed by atoms with E-state index in [-0.39, 0.29) is 11.9 Å². The van der Waals surface area contributed by atoms with E-state index < -0.39 is 0 Å². The van der Waals surface area contributed by atoms with Crippen LogP contribution in [0.15, 0.2) is 23.4 Å². The summed E-state index contributed by atoms with van der Waals surface area (Å²) in [5.74, 6) is 0.360. The summed E-state index contributed by atoms with van der Waals surface area (Å²) in [6.45, 7) is 9.50. The SMILES string of the molecule is CCN1CCC(NC(=O)CSc2nnnn2-c2ccc(C)c(C)c2)CC1. The molecule has 2 heterocycles. The summed E-state index contributed by atoms with van der Waals surface area (Å²) in [7, 11) is 0. The first-order chi connectivity index (χ1) is 12.6. The molecule has 1 aliphatic heterocycles. The van der Waals surface area contributed by atoms with E-state index in [4.69, 9.17) is 0 Å². The van der Waals surface area contributed by atoms with Crippen molar-refractivity contribution in [2.75, 3.05) is 25.4 Å². The molecule has 1 N–H and O–H groups in total. The quantitative estimate of drug-likeness (QED) is 0.779. The molecule has 0 unspecified atom stereocenters. The molecule has 7 nitrogen and oxygen atoms in total. The van der Waals surface area contributed by atoms with E-state index in [0.29, 0.717) is 10.9 Å². The van der Waals surface area contributed by atoms with Gasteiger partial charge in [-0.25, -0.2) is 0 Å². The predicted molar refractivity (Wildman–Crippen MR) is 103 cm³/mol. The third-order valence-electron chi connectivity index (χ3n) is 4.91. The number of aryl methyl sites for hydroxylation is 2. The number of amides is 1. The zero-order valence-electron chi connectivity index (χ0n) is 15.6. The van der Waals surface area contributed by atoms with Gasteiger partial charge in [-0.3, -0.25) is 4.79 Å². The van der Waals surface area contributed by atoms with Gasteiger partial charge in [0.25, 0.3) is 0 Å². The highest BCUT2D eigenvalue weighted by atomic mass is 32.2. The predicted octanol–water partition coefficient (Wildman–Crippen LogP) is 1.97. The minimum absolute atomic E-state index is 0.0413. The van der Waals surface area contributed by atoms with Crippen LogP contribution in [-0.4, -0.2) is 62.4 Å². The Morgan fingerprint density at radius 1 is 1.27 bits per heavy atom. The van der Waals surface area contributed by atoms with E-state index >= 15 is 0 Å². The lowest BCUT2D eigenvalue weighted by Gasteiger charge is -2.31. The van der Waals surface area contributed by atoms with Crippen LogP contribution in [0.4, 0.5) is 0 Å². The van der Waals surface area contributed by atoms with Crippen molar-refractivity contribution in [1.29, 1.82) is 0 Å². The lowest BCUT2D eigenvalue weighted by atomic mass is 10.1. The highest BCUT2D eigenvalue weighted by molar-refractivity contribution is 7.99. The second-order valence-corrected chi connectivity index (χ2v) is 7.65. The molecule has 140 valence electrons. The Hall–Kier alpha value is -1.93. The van der Waals surface area contributed by atoms with Gasteiger partial charge in [-0.1, -0.05) is 24.8 Å². The Morgan fingerprint density at radius 3 is 2.73 bits per heavy atom. The fourth-order valence-electron chi connectivity index (χ4n) is 3.08. The van der Waals surface area contributed by atoms with Crippen LogP contribution in [0.25, 0.3) is 5.69 Å². The van der Waals surface area contributed by atoms with Crippen LogP contribution in [0.1, 0.15) is 30.9 Å². The topological polar surface area (TPSA) is 75.9 Å². The zero-order chi connectivity index (χ0) is 18.5. The second kappa shape index (κ2) is 8.64. The Kier molecular flexibility index (Phi) is 6.26. The van der Waals surface area contributed by atoms with Gasteiger partial charge in [-0.2, -0.15) is 4.68 Å². The van der Waals surface area contributed by atoms with Gasteiger partial charge in [0.2, 0.25) is 11.1 Å². The highest BCUT2D eigenvalue weighted by Gasteiger charge is 2.20. The van der Waals surface area contributed by atoms with Gasteiger partial charge in [0.15, 0.2) is 0 Å². The molecule has 0 aliphatic carbocycles. The third-order valence-corrected chi connectivity index (χ3v) is 5.83. The summed E-state index contributed by atoms with van der Waals surface area (Å²) in [5, 5.41) is 15.7. The molecule has 26 heavy (non-hydrogen) atoms. The number of nitrogens with one attached hydrogen (secondary N) is 1. The lowest BCUT2D eigenvalue weighted by molar-refractivity contribution is -0.119. The number of carbonyl (C=O) groups is 1. The van der Waals surface area contributed by atoms with E-state index in [1.54, 1.807) is 4.68 Å². The van der Waals surface area contributed by atoms with Crippen LogP contribution < -0.4 is 5.32 Å². The largest absolute Gasteiger partial charge is 0.353 e. The molecule has 3 rings (SSSR count). The van der Waals surface area contributed by atoms with E-state index in [0.717, 1.165) is 38.2 Å². The van der Waals surface area contributed by atoms with Crippen molar-refractivity contribution in [2.45, 2.75) is 44.8 Å². The van der Waals surface area contributed by atoms with Crippen LogP contribution >= 0.6 is 11.8 Å². The number of rotatable bonds is 6. The maximum Gasteiger partial charge on any atom is 0.230 e. The first kappa shape index (κ1) is 18.8. The van der Waals surface area contributed by atoms with Gasteiger partial charge in [0.1, 0.15) is 0 Å². The number of likely N-dealkylation sites (tertiary alicyclic amines) is 1. The monoisotopic (exact) mass is 374 g/mol. The molecule has 1 aromatic heterocycles. The second-order valence-electron chi connectivity index (χ2n) is 6.71. The average molecular weight is 375 g/mol. The third kappa shape index (κ3) is 4.62. The molecule has 0 bridgehead atoms. The standard InChI is InChI=1S/C18H26N6OS/c1-4-23-9-7-15(8-10-23)19-17(25)12-26-18-20-21-22-24(18)16-6-5-13(2)14(3)11-16/h5-6,11,15H,4,7-10,12H2,1-3H3,(H,19,25). The lowest BCUT2D eigenvalue weighted by Crippen LogP contribution is -2.45. The van der Waals surface area contributed by atoms with Crippen molar-refractivity contribution in [3.8, 4) is 5.69 Å². The fourth-order valence-corrected chi connectivity index (χ4v) is 3.78. The van der Waals surface area contributed by atoms with Crippen LogP contribution in [0.5, 0.6) is 0 Å². The van der Waals surface area contributed by atoms with Crippen molar-refractivity contribution in [3.63, 3.8) is 0 Å². The van der Waals surface area contributed by atoms with Crippen molar-refractivity contribution < 1.29 is 4.79 Å². The smallest absolute Gasteiger partial charge is 0.230 e. The molecule has 1 saturated heterocycles. The van der Waals surface area contributed by atoms with Gasteiger partial charge in [0.05, 0.1) is 11.4 Å². The fraction of sp³-hybridized carbons (Fsp3) is 0.556. The van der Waals surface area contributed by atoms with Crippen molar-refractivity contribution in [2.24, 2.45) is 0 Å². The molecule has 0 radical (unpaired) electrons. The van der Waals surface area contributed by atoms with Gasteiger partial charge in [-0.05, 0) is 66.9 Å².